The molecule has 2 heterocycles. The molecule has 7 heteroatoms. The van der Waals surface area contributed by atoms with E-state index in [4.69, 9.17) is 5.11 Å². The van der Waals surface area contributed by atoms with Crippen molar-refractivity contribution in [2.75, 3.05) is 0 Å². The summed E-state index contributed by atoms with van der Waals surface area (Å²) in [5, 5.41) is 16.7. The van der Waals surface area contributed by atoms with Crippen LogP contribution in [-0.4, -0.2) is 30.8 Å². The fourth-order valence-electron chi connectivity index (χ4n) is 2.44. The molecule has 1 radical (unpaired) electrons. The molecular formula is C21H17IrN4O2-. The smallest absolute Gasteiger partial charge is 0.354 e. The van der Waals surface area contributed by atoms with Crippen LogP contribution in [0.25, 0.3) is 17.1 Å². The first-order chi connectivity index (χ1) is 13.2. The first-order valence-corrected chi connectivity index (χ1v) is 8.25. The summed E-state index contributed by atoms with van der Waals surface area (Å²) in [6.45, 7) is 1.95. The predicted molar refractivity (Wildman–Crippen MR) is 102 cm³/mol. The van der Waals surface area contributed by atoms with Gasteiger partial charge in [-0.3, -0.25) is 0 Å². The van der Waals surface area contributed by atoms with Gasteiger partial charge in [-0.1, -0.05) is 24.3 Å². The van der Waals surface area contributed by atoms with Gasteiger partial charge in [0.1, 0.15) is 11.5 Å². The second-order valence-electron chi connectivity index (χ2n) is 5.54. The maximum Gasteiger partial charge on any atom is 0.354 e. The monoisotopic (exact) mass is 550 g/mol. The number of hydrogen-bond donors (Lipinski definition) is 1. The van der Waals surface area contributed by atoms with Crippen LogP contribution in [-0.2, 0) is 20.1 Å². The summed E-state index contributed by atoms with van der Waals surface area (Å²) < 4.78 is 2.03. The van der Waals surface area contributed by atoms with Crippen molar-refractivity contribution in [3.8, 4) is 17.1 Å². The van der Waals surface area contributed by atoms with Crippen molar-refractivity contribution in [2.45, 2.75) is 6.92 Å². The Morgan fingerprint density at radius 1 is 0.964 bits per heavy atom. The van der Waals surface area contributed by atoms with Crippen molar-refractivity contribution in [1.82, 2.24) is 19.7 Å². The molecule has 2 aromatic carbocycles. The summed E-state index contributed by atoms with van der Waals surface area (Å²) in [6, 6.07) is 25.8. The molecule has 0 aliphatic rings. The van der Waals surface area contributed by atoms with Gasteiger partial charge in [0.15, 0.2) is 0 Å². The van der Waals surface area contributed by atoms with Crippen LogP contribution in [0.3, 0.4) is 0 Å². The topological polar surface area (TPSA) is 80.9 Å². The molecule has 0 fully saturated rings. The summed E-state index contributed by atoms with van der Waals surface area (Å²) in [4.78, 5) is 13.7. The number of aromatic nitrogens is 4. The third-order valence-electron chi connectivity index (χ3n) is 3.67. The minimum absolute atomic E-state index is 0. The minimum Gasteiger partial charge on any atom is -0.477 e. The zero-order valence-corrected chi connectivity index (χ0v) is 17.4. The number of carboxylic acids is 1. The molecule has 0 bridgehead atoms. The van der Waals surface area contributed by atoms with Crippen LogP contribution in [0.5, 0.6) is 0 Å². The third-order valence-corrected chi connectivity index (χ3v) is 3.67. The molecule has 4 rings (SSSR count). The molecule has 0 aliphatic carbocycles. The van der Waals surface area contributed by atoms with Crippen molar-refractivity contribution >= 4 is 5.97 Å². The van der Waals surface area contributed by atoms with Gasteiger partial charge in [-0.25, -0.2) is 9.78 Å². The van der Waals surface area contributed by atoms with Crippen LogP contribution < -0.4 is 0 Å². The maximum atomic E-state index is 10.1. The average Bonchev–Trinajstić information content (AvgIpc) is 3.12. The number of rotatable bonds is 3. The molecule has 0 saturated heterocycles. The Morgan fingerprint density at radius 2 is 1.68 bits per heavy atom. The molecule has 2 aromatic heterocycles. The van der Waals surface area contributed by atoms with Crippen LogP contribution >= 0.6 is 0 Å². The van der Waals surface area contributed by atoms with Crippen LogP contribution in [0, 0.1) is 13.0 Å². The number of carbonyl (C=O) groups is 1. The van der Waals surface area contributed by atoms with E-state index >= 15 is 0 Å². The fourth-order valence-corrected chi connectivity index (χ4v) is 2.44. The zero-order valence-electron chi connectivity index (χ0n) is 15.0. The van der Waals surface area contributed by atoms with Gasteiger partial charge in [0.25, 0.3) is 0 Å². The van der Waals surface area contributed by atoms with Gasteiger partial charge in [0, 0.05) is 32.0 Å². The fraction of sp³-hybridized carbons (Fsp3) is 0.0476. The molecule has 143 valence electrons. The predicted octanol–water partition coefficient (Wildman–Crippen LogP) is 3.82. The number of aryl methyl sites for hydroxylation is 1. The second-order valence-corrected chi connectivity index (χ2v) is 5.54. The first kappa shape index (κ1) is 21.2. The van der Waals surface area contributed by atoms with Crippen LogP contribution in [0.2, 0.25) is 0 Å². The van der Waals surface area contributed by atoms with Crippen LogP contribution in [0.15, 0.2) is 79.0 Å². The van der Waals surface area contributed by atoms with Gasteiger partial charge >= 0.3 is 5.97 Å². The van der Waals surface area contributed by atoms with Gasteiger partial charge in [-0.05, 0) is 31.2 Å². The van der Waals surface area contributed by atoms with E-state index in [1.807, 2.05) is 66.1 Å². The summed E-state index contributed by atoms with van der Waals surface area (Å²) in [5.74, 6) is 0.698. The number of hydrogen-bond acceptors (Lipinski definition) is 4. The Labute approximate surface area is 176 Å². The minimum atomic E-state index is -0.990. The van der Waals surface area contributed by atoms with E-state index in [2.05, 4.69) is 21.2 Å². The van der Waals surface area contributed by atoms with Gasteiger partial charge in [0.05, 0.1) is 5.82 Å². The number of carboxylic acid groups (broad SMARTS) is 1. The Balaban J connectivity index is 0.000000239. The number of para-hydroxylation sites is 1. The molecule has 0 aliphatic heterocycles. The van der Waals surface area contributed by atoms with Crippen molar-refractivity contribution < 1.29 is 30.0 Å². The molecule has 0 spiro atoms. The maximum absolute atomic E-state index is 10.1. The molecule has 6 nitrogen and oxygen atoms in total. The Morgan fingerprint density at radius 3 is 2.25 bits per heavy atom. The third kappa shape index (κ3) is 5.19. The molecule has 0 saturated carbocycles. The van der Waals surface area contributed by atoms with E-state index < -0.39 is 5.97 Å². The van der Waals surface area contributed by atoms with E-state index in [1.54, 1.807) is 12.1 Å². The Kier molecular flexibility index (Phi) is 7.75. The first-order valence-electron chi connectivity index (χ1n) is 8.25. The number of pyridine rings is 1. The zero-order chi connectivity index (χ0) is 19.1. The quantitative estimate of drug-likeness (QED) is 0.393. The van der Waals surface area contributed by atoms with Gasteiger partial charge < -0.3 is 9.67 Å². The van der Waals surface area contributed by atoms with E-state index in [0.29, 0.717) is 0 Å². The number of aromatic carboxylic acids is 1. The largest absolute Gasteiger partial charge is 0.477 e. The Hall–Kier alpha value is -3.15. The van der Waals surface area contributed by atoms with E-state index in [0.717, 1.165) is 22.9 Å². The van der Waals surface area contributed by atoms with E-state index in [1.165, 1.54) is 12.3 Å². The van der Waals surface area contributed by atoms with E-state index in [-0.39, 0.29) is 25.8 Å². The molecule has 28 heavy (non-hydrogen) atoms. The molecule has 1 N–H and O–H groups in total. The molecular weight excluding hydrogens is 532 g/mol. The van der Waals surface area contributed by atoms with Crippen molar-refractivity contribution in [1.29, 1.82) is 0 Å². The van der Waals surface area contributed by atoms with Gasteiger partial charge in [-0.2, -0.15) is 5.10 Å². The molecule has 0 unspecified atom stereocenters. The SMILES string of the molecule is Cc1nnc(-c2[c-]cccc2)n1-c1ccccc1.O=C(O)c1ccccn1.[Ir]. The molecule has 4 aromatic rings. The van der Waals surface area contributed by atoms with Crippen molar-refractivity contribution in [3.05, 3.63) is 96.6 Å². The molecule has 0 amide bonds. The summed E-state index contributed by atoms with van der Waals surface area (Å²) in [6.07, 6.45) is 1.45. The summed E-state index contributed by atoms with van der Waals surface area (Å²) in [5.41, 5.74) is 2.09. The van der Waals surface area contributed by atoms with Crippen LogP contribution in [0.4, 0.5) is 0 Å². The second kappa shape index (κ2) is 10.3. The van der Waals surface area contributed by atoms with Gasteiger partial charge in [0.2, 0.25) is 0 Å². The van der Waals surface area contributed by atoms with E-state index in [9.17, 15) is 4.79 Å². The number of nitrogens with zero attached hydrogens (tertiary/aromatic N) is 4. The van der Waals surface area contributed by atoms with Crippen molar-refractivity contribution in [2.24, 2.45) is 0 Å². The standard InChI is InChI=1S/C15H12N3.C6H5NO2.Ir/c1-12-16-17-15(13-8-4-2-5-9-13)18(12)14-10-6-3-7-11-14;8-6(9)5-3-1-2-4-7-5;/h2-8,10-11H,1H3;1-4H,(H,8,9);/q-1;;. The normalized spacial score (nSPS) is 9.61. The number of benzene rings is 2. The summed E-state index contributed by atoms with van der Waals surface area (Å²) >= 11 is 0. The summed E-state index contributed by atoms with van der Waals surface area (Å²) in [7, 11) is 0. The van der Waals surface area contributed by atoms with Crippen LogP contribution in [0.1, 0.15) is 16.3 Å². The van der Waals surface area contributed by atoms with Crippen molar-refractivity contribution in [3.63, 3.8) is 0 Å². The molecule has 0 atom stereocenters. The Bertz CT molecular complexity index is 1010. The average molecular weight is 550 g/mol. The van der Waals surface area contributed by atoms with Gasteiger partial charge in [-0.15, -0.1) is 41.0 Å².